The van der Waals surface area contributed by atoms with E-state index in [2.05, 4.69) is 32.2 Å². The molecule has 148 valence electrons. The molecular formula is C24H30N2O2. The van der Waals surface area contributed by atoms with Gasteiger partial charge in [0.25, 0.3) is 0 Å². The van der Waals surface area contributed by atoms with Gasteiger partial charge in [-0.15, -0.1) is 0 Å². The first-order valence-electron chi connectivity index (χ1n) is 10.2. The Kier molecular flexibility index (Phi) is 6.18. The molecule has 1 saturated heterocycles. The predicted molar refractivity (Wildman–Crippen MR) is 115 cm³/mol. The minimum Gasteiger partial charge on any atom is -0.325 e. The number of anilines is 2. The maximum Gasteiger partial charge on any atom is 0.229 e. The van der Waals surface area contributed by atoms with Crippen molar-refractivity contribution in [3.8, 4) is 0 Å². The van der Waals surface area contributed by atoms with Crippen molar-refractivity contribution in [2.75, 3.05) is 16.8 Å². The summed E-state index contributed by atoms with van der Waals surface area (Å²) in [5.74, 6) is -0.00460. The van der Waals surface area contributed by atoms with Crippen molar-refractivity contribution in [1.29, 1.82) is 0 Å². The monoisotopic (exact) mass is 378 g/mol. The Bertz CT molecular complexity index is 875. The van der Waals surface area contributed by atoms with E-state index in [1.54, 1.807) is 4.90 Å². The van der Waals surface area contributed by atoms with E-state index < -0.39 is 0 Å². The SMILES string of the molecule is CCc1cccc(C)c1NC(=O)[C@H]1CC(=O)N(c2ccccc2[C@H](C)CC)C1. The van der Waals surface area contributed by atoms with Gasteiger partial charge in [-0.05, 0) is 48.4 Å². The Labute approximate surface area is 167 Å². The zero-order valence-electron chi connectivity index (χ0n) is 17.3. The first-order valence-corrected chi connectivity index (χ1v) is 10.2. The van der Waals surface area contributed by atoms with Crippen LogP contribution in [0.4, 0.5) is 11.4 Å². The normalized spacial score (nSPS) is 17.6. The van der Waals surface area contributed by atoms with Crippen LogP contribution in [-0.4, -0.2) is 18.4 Å². The summed E-state index contributed by atoms with van der Waals surface area (Å²) in [5.41, 5.74) is 5.18. The number of hydrogen-bond acceptors (Lipinski definition) is 2. The summed E-state index contributed by atoms with van der Waals surface area (Å²) < 4.78 is 0. The molecule has 2 amide bonds. The van der Waals surface area contributed by atoms with Crippen LogP contribution in [0.2, 0.25) is 0 Å². The average Bonchev–Trinajstić information content (AvgIpc) is 3.10. The number of hydrogen-bond donors (Lipinski definition) is 1. The first-order chi connectivity index (χ1) is 13.5. The number of aryl methyl sites for hydroxylation is 2. The van der Waals surface area contributed by atoms with Crippen LogP contribution < -0.4 is 10.2 Å². The van der Waals surface area contributed by atoms with Crippen molar-refractivity contribution in [2.24, 2.45) is 5.92 Å². The van der Waals surface area contributed by atoms with E-state index in [9.17, 15) is 9.59 Å². The minimum absolute atomic E-state index is 0.0244. The summed E-state index contributed by atoms with van der Waals surface area (Å²) >= 11 is 0. The molecule has 0 radical (unpaired) electrons. The highest BCUT2D eigenvalue weighted by atomic mass is 16.2. The molecule has 1 aliphatic rings. The Morgan fingerprint density at radius 3 is 2.64 bits per heavy atom. The molecule has 0 aromatic heterocycles. The lowest BCUT2D eigenvalue weighted by atomic mass is 9.96. The molecule has 1 heterocycles. The minimum atomic E-state index is -0.332. The molecule has 2 atom stereocenters. The van der Waals surface area contributed by atoms with Crippen molar-refractivity contribution in [2.45, 2.75) is 52.9 Å². The Morgan fingerprint density at radius 2 is 1.93 bits per heavy atom. The van der Waals surface area contributed by atoms with Gasteiger partial charge in [-0.3, -0.25) is 9.59 Å². The average molecular weight is 379 g/mol. The summed E-state index contributed by atoms with van der Waals surface area (Å²) in [4.78, 5) is 27.5. The van der Waals surface area contributed by atoms with E-state index in [1.807, 2.05) is 43.3 Å². The van der Waals surface area contributed by atoms with E-state index in [0.29, 0.717) is 12.5 Å². The molecule has 0 saturated carbocycles. The van der Waals surface area contributed by atoms with E-state index >= 15 is 0 Å². The molecule has 4 nitrogen and oxygen atoms in total. The topological polar surface area (TPSA) is 49.4 Å². The second kappa shape index (κ2) is 8.59. The fourth-order valence-corrected chi connectivity index (χ4v) is 3.91. The lowest BCUT2D eigenvalue weighted by Gasteiger charge is -2.23. The maximum absolute atomic E-state index is 12.9. The van der Waals surface area contributed by atoms with Gasteiger partial charge in [0.1, 0.15) is 0 Å². The number of nitrogens with zero attached hydrogens (tertiary/aromatic N) is 1. The molecule has 1 N–H and O–H groups in total. The summed E-state index contributed by atoms with van der Waals surface area (Å²) in [6, 6.07) is 14.1. The number of nitrogens with one attached hydrogen (secondary N) is 1. The van der Waals surface area contributed by atoms with Crippen LogP contribution >= 0.6 is 0 Å². The number of carbonyl (C=O) groups is 2. The van der Waals surface area contributed by atoms with Crippen molar-refractivity contribution >= 4 is 23.2 Å². The molecule has 0 aliphatic carbocycles. The van der Waals surface area contributed by atoms with Crippen LogP contribution in [-0.2, 0) is 16.0 Å². The zero-order valence-corrected chi connectivity index (χ0v) is 17.3. The third-order valence-corrected chi connectivity index (χ3v) is 5.85. The van der Waals surface area contributed by atoms with Gasteiger partial charge in [-0.2, -0.15) is 0 Å². The largest absolute Gasteiger partial charge is 0.325 e. The van der Waals surface area contributed by atoms with Gasteiger partial charge in [0.2, 0.25) is 11.8 Å². The van der Waals surface area contributed by atoms with E-state index in [4.69, 9.17) is 0 Å². The maximum atomic E-state index is 12.9. The fourth-order valence-electron chi connectivity index (χ4n) is 3.91. The van der Waals surface area contributed by atoms with Crippen LogP contribution in [0.25, 0.3) is 0 Å². The van der Waals surface area contributed by atoms with Crippen LogP contribution in [0.3, 0.4) is 0 Å². The molecule has 28 heavy (non-hydrogen) atoms. The summed E-state index contributed by atoms with van der Waals surface area (Å²) in [7, 11) is 0. The van der Waals surface area contributed by atoms with Crippen molar-refractivity contribution < 1.29 is 9.59 Å². The second-order valence-electron chi connectivity index (χ2n) is 7.73. The number of rotatable bonds is 6. The van der Waals surface area contributed by atoms with Gasteiger partial charge in [-0.25, -0.2) is 0 Å². The smallest absolute Gasteiger partial charge is 0.229 e. The summed E-state index contributed by atoms with van der Waals surface area (Å²) in [6.45, 7) is 8.84. The Morgan fingerprint density at radius 1 is 1.18 bits per heavy atom. The Balaban J connectivity index is 1.80. The molecule has 1 fully saturated rings. The standard InChI is InChI=1S/C24H30N2O2/c1-5-16(3)20-12-7-8-13-21(20)26-15-19(14-22(26)27)24(28)25-23-17(4)10-9-11-18(23)6-2/h7-13,16,19H,5-6,14-15H2,1-4H3,(H,25,28)/t16-,19+/m1/s1. The van der Waals surface area contributed by atoms with E-state index in [1.165, 1.54) is 5.56 Å². The molecule has 2 aromatic rings. The molecule has 0 spiro atoms. The highest BCUT2D eigenvalue weighted by Crippen LogP contribution is 2.34. The van der Waals surface area contributed by atoms with Gasteiger partial charge in [0.15, 0.2) is 0 Å². The molecule has 0 bridgehead atoms. The van der Waals surface area contributed by atoms with Gasteiger partial charge >= 0.3 is 0 Å². The summed E-state index contributed by atoms with van der Waals surface area (Å²) in [5, 5.41) is 3.09. The van der Waals surface area contributed by atoms with Crippen molar-refractivity contribution in [3.05, 3.63) is 59.2 Å². The highest BCUT2D eigenvalue weighted by molar-refractivity contribution is 6.04. The fraction of sp³-hybridized carbons (Fsp3) is 0.417. The molecule has 0 unspecified atom stereocenters. The van der Waals surface area contributed by atoms with Gasteiger partial charge in [0.05, 0.1) is 5.92 Å². The Hall–Kier alpha value is -2.62. The second-order valence-corrected chi connectivity index (χ2v) is 7.73. The highest BCUT2D eigenvalue weighted by Gasteiger charge is 2.36. The molecule has 2 aromatic carbocycles. The lowest BCUT2D eigenvalue weighted by Crippen LogP contribution is -2.29. The number of para-hydroxylation sites is 2. The van der Waals surface area contributed by atoms with Crippen LogP contribution in [0, 0.1) is 12.8 Å². The van der Waals surface area contributed by atoms with Crippen molar-refractivity contribution in [1.82, 2.24) is 0 Å². The van der Waals surface area contributed by atoms with Gasteiger partial charge < -0.3 is 10.2 Å². The predicted octanol–water partition coefficient (Wildman–Crippen LogP) is 5.06. The molecular weight excluding hydrogens is 348 g/mol. The van der Waals surface area contributed by atoms with E-state index in [0.717, 1.165) is 35.3 Å². The zero-order chi connectivity index (χ0) is 20.3. The first kappa shape index (κ1) is 20.1. The number of amides is 2. The van der Waals surface area contributed by atoms with Gasteiger partial charge in [0, 0.05) is 24.3 Å². The lowest BCUT2D eigenvalue weighted by molar-refractivity contribution is -0.122. The third kappa shape index (κ3) is 3.96. The summed E-state index contributed by atoms with van der Waals surface area (Å²) in [6.07, 6.45) is 2.12. The molecule has 1 aliphatic heterocycles. The van der Waals surface area contributed by atoms with Crippen LogP contribution in [0.5, 0.6) is 0 Å². The van der Waals surface area contributed by atoms with Gasteiger partial charge in [-0.1, -0.05) is 57.2 Å². The number of carbonyl (C=O) groups excluding carboxylic acids is 2. The quantitative estimate of drug-likeness (QED) is 0.763. The molecule has 3 rings (SSSR count). The van der Waals surface area contributed by atoms with Crippen molar-refractivity contribution in [3.63, 3.8) is 0 Å². The van der Waals surface area contributed by atoms with Crippen LogP contribution in [0.15, 0.2) is 42.5 Å². The third-order valence-electron chi connectivity index (χ3n) is 5.85. The number of benzene rings is 2. The van der Waals surface area contributed by atoms with Crippen LogP contribution in [0.1, 0.15) is 56.2 Å². The molecule has 4 heteroatoms. The van der Waals surface area contributed by atoms with E-state index in [-0.39, 0.29) is 24.2 Å².